The molecule has 4 aliphatic rings. The lowest BCUT2D eigenvalue weighted by Crippen LogP contribution is -2.64. The highest BCUT2D eigenvalue weighted by molar-refractivity contribution is 6.30. The zero-order valence-corrected chi connectivity index (χ0v) is 17.1. The van der Waals surface area contributed by atoms with Crippen molar-refractivity contribution in [3.8, 4) is 0 Å². The summed E-state index contributed by atoms with van der Waals surface area (Å²) < 4.78 is 5.70. The number of amides is 1. The van der Waals surface area contributed by atoms with Gasteiger partial charge in [-0.25, -0.2) is 0 Å². The van der Waals surface area contributed by atoms with Gasteiger partial charge in [-0.2, -0.15) is 0 Å². The molecular weight excluding hydrogens is 378 g/mol. The lowest BCUT2D eigenvalue weighted by atomic mass is 9.47. The minimum absolute atomic E-state index is 0.0447. The van der Waals surface area contributed by atoms with Gasteiger partial charge < -0.3 is 10.1 Å². The van der Waals surface area contributed by atoms with Gasteiger partial charge in [-0.05, 0) is 81.5 Å². The van der Waals surface area contributed by atoms with Crippen LogP contribution in [-0.4, -0.2) is 29.3 Å². The number of hydrogen-bond acceptors (Lipinski definition) is 4. The maximum absolute atomic E-state index is 13.2. The van der Waals surface area contributed by atoms with Crippen molar-refractivity contribution in [1.29, 1.82) is 0 Å². The Morgan fingerprint density at radius 3 is 2.29 bits per heavy atom. The van der Waals surface area contributed by atoms with Crippen LogP contribution < -0.4 is 5.32 Å². The first kappa shape index (κ1) is 19.4. The molecule has 1 N–H and O–H groups in total. The first-order valence-electron chi connectivity index (χ1n) is 10.00. The van der Waals surface area contributed by atoms with E-state index in [2.05, 4.69) is 5.32 Å². The number of Topliss-reactive ketones (excluding diaryl/α,β-unsaturated/α-hetero) is 1. The zero-order chi connectivity index (χ0) is 20.1. The molecule has 0 spiro atoms. The second kappa shape index (κ2) is 6.87. The molecule has 150 valence electrons. The van der Waals surface area contributed by atoms with E-state index in [0.717, 1.165) is 32.1 Å². The van der Waals surface area contributed by atoms with E-state index < -0.39 is 11.5 Å². The number of hydrogen-bond donors (Lipinski definition) is 1. The van der Waals surface area contributed by atoms with E-state index in [1.54, 1.807) is 31.2 Å². The Labute approximate surface area is 170 Å². The third-order valence-electron chi connectivity index (χ3n) is 6.72. The fraction of sp³-hybridized carbons (Fsp3) is 0.591. The first-order valence-corrected chi connectivity index (χ1v) is 10.4. The normalized spacial score (nSPS) is 34.0. The molecule has 4 fully saturated rings. The molecule has 1 aromatic rings. The highest BCUT2D eigenvalue weighted by Crippen LogP contribution is 2.62. The first-order chi connectivity index (χ1) is 13.2. The molecular formula is C22H26ClNO4. The highest BCUT2D eigenvalue weighted by Gasteiger charge is 2.61. The van der Waals surface area contributed by atoms with Crippen LogP contribution in [0.25, 0.3) is 0 Å². The van der Waals surface area contributed by atoms with E-state index >= 15 is 0 Å². The van der Waals surface area contributed by atoms with Crippen molar-refractivity contribution >= 4 is 29.3 Å². The van der Waals surface area contributed by atoms with Crippen LogP contribution in [0.3, 0.4) is 0 Å². The number of rotatable bonds is 5. The Balaban J connectivity index is 1.50. The number of nitrogens with one attached hydrogen (secondary N) is 1. The van der Waals surface area contributed by atoms with Crippen molar-refractivity contribution in [2.45, 2.75) is 64.0 Å². The van der Waals surface area contributed by atoms with E-state index in [4.69, 9.17) is 16.3 Å². The lowest BCUT2D eigenvalue weighted by molar-refractivity contribution is -0.178. The minimum atomic E-state index is -0.849. The van der Waals surface area contributed by atoms with Crippen LogP contribution in [0.5, 0.6) is 0 Å². The van der Waals surface area contributed by atoms with Crippen LogP contribution in [0, 0.1) is 17.3 Å². The molecule has 0 saturated heterocycles. The van der Waals surface area contributed by atoms with Crippen molar-refractivity contribution in [1.82, 2.24) is 5.32 Å². The molecule has 4 bridgehead atoms. The van der Waals surface area contributed by atoms with Gasteiger partial charge in [-0.1, -0.05) is 11.6 Å². The smallest absolute Gasteiger partial charge is 0.312 e. The Kier molecular flexibility index (Phi) is 4.77. The van der Waals surface area contributed by atoms with E-state index in [-0.39, 0.29) is 23.2 Å². The number of ketones is 1. The second-order valence-electron chi connectivity index (χ2n) is 9.12. The summed E-state index contributed by atoms with van der Waals surface area (Å²) in [7, 11) is 0. The third-order valence-corrected chi connectivity index (χ3v) is 6.97. The SMILES string of the molecule is CC(=O)NC12CC3CC(C1)CC(C(=O)OC(C)C(=O)c1ccc(Cl)cc1)(C3)C2. The molecule has 1 amide bonds. The van der Waals surface area contributed by atoms with Crippen molar-refractivity contribution in [3.63, 3.8) is 0 Å². The fourth-order valence-corrected chi connectivity index (χ4v) is 6.33. The molecule has 0 aliphatic heterocycles. The van der Waals surface area contributed by atoms with E-state index in [1.807, 2.05) is 0 Å². The molecule has 0 radical (unpaired) electrons. The minimum Gasteiger partial charge on any atom is -0.454 e. The summed E-state index contributed by atoms with van der Waals surface area (Å²) in [5.74, 6) is 0.306. The molecule has 1 aromatic carbocycles. The topological polar surface area (TPSA) is 72.5 Å². The van der Waals surface area contributed by atoms with Gasteiger partial charge in [0.1, 0.15) is 0 Å². The molecule has 5 nitrogen and oxygen atoms in total. The fourth-order valence-electron chi connectivity index (χ4n) is 6.21. The molecule has 28 heavy (non-hydrogen) atoms. The molecule has 6 heteroatoms. The summed E-state index contributed by atoms with van der Waals surface area (Å²) in [6.07, 6.45) is 4.37. The van der Waals surface area contributed by atoms with Crippen molar-refractivity contribution in [2.75, 3.05) is 0 Å². The van der Waals surface area contributed by atoms with Crippen molar-refractivity contribution < 1.29 is 19.1 Å². The van der Waals surface area contributed by atoms with Crippen LogP contribution >= 0.6 is 11.6 Å². The summed E-state index contributed by atoms with van der Waals surface area (Å²) in [6, 6.07) is 6.59. The molecule has 5 rings (SSSR count). The monoisotopic (exact) mass is 403 g/mol. The summed E-state index contributed by atoms with van der Waals surface area (Å²) in [4.78, 5) is 37.6. The average molecular weight is 404 g/mol. The third kappa shape index (κ3) is 3.45. The zero-order valence-electron chi connectivity index (χ0n) is 16.3. The van der Waals surface area contributed by atoms with E-state index in [0.29, 0.717) is 28.8 Å². The summed E-state index contributed by atoms with van der Waals surface area (Å²) in [6.45, 7) is 3.16. The van der Waals surface area contributed by atoms with Gasteiger partial charge in [0.05, 0.1) is 5.41 Å². The van der Waals surface area contributed by atoms with Gasteiger partial charge in [-0.3, -0.25) is 14.4 Å². The quantitative estimate of drug-likeness (QED) is 0.597. The van der Waals surface area contributed by atoms with Crippen LogP contribution in [0.15, 0.2) is 24.3 Å². The van der Waals surface area contributed by atoms with Crippen LogP contribution in [-0.2, 0) is 14.3 Å². The Morgan fingerprint density at radius 1 is 1.11 bits per heavy atom. The molecule has 0 heterocycles. The molecule has 4 saturated carbocycles. The largest absolute Gasteiger partial charge is 0.454 e. The van der Waals surface area contributed by atoms with Gasteiger partial charge in [0.2, 0.25) is 11.7 Å². The second-order valence-corrected chi connectivity index (χ2v) is 9.56. The average Bonchev–Trinajstić information content (AvgIpc) is 2.59. The van der Waals surface area contributed by atoms with E-state index in [1.165, 1.54) is 6.92 Å². The number of esters is 1. The Bertz CT molecular complexity index is 804. The highest BCUT2D eigenvalue weighted by atomic mass is 35.5. The predicted octanol–water partition coefficient (Wildman–Crippen LogP) is 3.93. The van der Waals surface area contributed by atoms with Gasteiger partial charge in [-0.15, -0.1) is 0 Å². The Hall–Kier alpha value is -1.88. The summed E-state index contributed by atoms with van der Waals surface area (Å²) >= 11 is 5.88. The molecule has 3 unspecified atom stereocenters. The predicted molar refractivity (Wildman–Crippen MR) is 105 cm³/mol. The summed E-state index contributed by atoms with van der Waals surface area (Å²) in [5.41, 5.74) is -0.399. The van der Waals surface area contributed by atoms with Crippen LogP contribution in [0.1, 0.15) is 62.7 Å². The number of carbonyl (C=O) groups excluding carboxylic acids is 3. The van der Waals surface area contributed by atoms with Gasteiger partial charge >= 0.3 is 5.97 Å². The number of benzene rings is 1. The molecule has 4 aliphatic carbocycles. The van der Waals surface area contributed by atoms with Crippen molar-refractivity contribution in [3.05, 3.63) is 34.9 Å². The maximum atomic E-state index is 13.2. The number of ether oxygens (including phenoxy) is 1. The van der Waals surface area contributed by atoms with Gasteiger partial charge in [0, 0.05) is 23.0 Å². The standard InChI is InChI=1S/C22H26ClNO4/c1-13(19(26)17-3-5-18(23)6-4-17)28-20(27)21-8-15-7-16(9-21)11-22(10-15,12-21)24-14(2)25/h3-6,13,15-16H,7-12H2,1-2H3,(H,24,25). The van der Waals surface area contributed by atoms with Crippen LogP contribution in [0.2, 0.25) is 5.02 Å². The van der Waals surface area contributed by atoms with Crippen LogP contribution in [0.4, 0.5) is 0 Å². The molecule has 3 atom stereocenters. The maximum Gasteiger partial charge on any atom is 0.312 e. The van der Waals surface area contributed by atoms with Crippen molar-refractivity contribution in [2.24, 2.45) is 17.3 Å². The Morgan fingerprint density at radius 2 is 1.71 bits per heavy atom. The van der Waals surface area contributed by atoms with Gasteiger partial charge in [0.25, 0.3) is 0 Å². The lowest BCUT2D eigenvalue weighted by Gasteiger charge is -2.60. The summed E-state index contributed by atoms with van der Waals surface area (Å²) in [5, 5.41) is 3.70. The molecule has 0 aromatic heterocycles. The number of carbonyl (C=O) groups is 3. The van der Waals surface area contributed by atoms with E-state index in [9.17, 15) is 14.4 Å². The number of halogens is 1. The van der Waals surface area contributed by atoms with Gasteiger partial charge in [0.15, 0.2) is 6.10 Å².